The lowest BCUT2D eigenvalue weighted by Crippen LogP contribution is -2.39. The second-order valence-electron chi connectivity index (χ2n) is 4.04. The van der Waals surface area contributed by atoms with Gasteiger partial charge in [0.25, 0.3) is 0 Å². The molecule has 0 bridgehead atoms. The molecule has 1 aromatic heterocycles. The van der Waals surface area contributed by atoms with Crippen LogP contribution in [0.5, 0.6) is 5.75 Å². The minimum atomic E-state index is -0.628. The SMILES string of the molecule is CCC(O)(CC)CNCc1ccc(O)cn1. The topological polar surface area (TPSA) is 65.4 Å². The molecule has 16 heavy (non-hydrogen) atoms. The molecule has 4 heteroatoms. The zero-order valence-corrected chi connectivity index (χ0v) is 9.90. The molecule has 3 N–H and O–H groups in total. The van der Waals surface area contributed by atoms with E-state index < -0.39 is 5.60 Å². The van der Waals surface area contributed by atoms with E-state index in [0.717, 1.165) is 18.5 Å². The molecule has 0 spiro atoms. The van der Waals surface area contributed by atoms with Crippen LogP contribution in [0.25, 0.3) is 0 Å². The maximum absolute atomic E-state index is 10.0. The van der Waals surface area contributed by atoms with Crippen molar-refractivity contribution in [2.24, 2.45) is 0 Å². The Morgan fingerprint density at radius 3 is 2.50 bits per heavy atom. The lowest BCUT2D eigenvalue weighted by Gasteiger charge is -2.25. The van der Waals surface area contributed by atoms with Crippen molar-refractivity contribution in [3.63, 3.8) is 0 Å². The standard InChI is InChI=1S/C12H20N2O2/c1-3-12(16,4-2)9-13-7-10-5-6-11(15)8-14-10/h5-6,8,13,15-16H,3-4,7,9H2,1-2H3. The van der Waals surface area contributed by atoms with Crippen LogP contribution in [-0.2, 0) is 6.54 Å². The van der Waals surface area contributed by atoms with Gasteiger partial charge in [0.15, 0.2) is 0 Å². The Labute approximate surface area is 96.3 Å². The molecular formula is C12H20N2O2. The largest absolute Gasteiger partial charge is 0.506 e. The molecule has 0 saturated heterocycles. The van der Waals surface area contributed by atoms with Crippen molar-refractivity contribution >= 4 is 0 Å². The normalized spacial score (nSPS) is 11.7. The summed E-state index contributed by atoms with van der Waals surface area (Å²) in [5.41, 5.74) is 0.226. The molecule has 1 rings (SSSR count). The fourth-order valence-electron chi connectivity index (χ4n) is 1.44. The number of nitrogens with zero attached hydrogens (tertiary/aromatic N) is 1. The minimum Gasteiger partial charge on any atom is -0.506 e. The highest BCUT2D eigenvalue weighted by molar-refractivity contribution is 5.17. The fourth-order valence-corrected chi connectivity index (χ4v) is 1.44. The van der Waals surface area contributed by atoms with Gasteiger partial charge in [0.05, 0.1) is 17.5 Å². The molecule has 0 aliphatic carbocycles. The van der Waals surface area contributed by atoms with Gasteiger partial charge in [-0.05, 0) is 25.0 Å². The van der Waals surface area contributed by atoms with Gasteiger partial charge in [0.1, 0.15) is 5.75 Å². The van der Waals surface area contributed by atoms with Gasteiger partial charge in [-0.1, -0.05) is 13.8 Å². The van der Waals surface area contributed by atoms with Crippen molar-refractivity contribution in [2.45, 2.75) is 38.8 Å². The number of pyridine rings is 1. The average Bonchev–Trinajstić information content (AvgIpc) is 2.31. The second kappa shape index (κ2) is 5.82. The highest BCUT2D eigenvalue weighted by Gasteiger charge is 2.20. The van der Waals surface area contributed by atoms with E-state index in [2.05, 4.69) is 10.3 Å². The van der Waals surface area contributed by atoms with Crippen LogP contribution in [0, 0.1) is 0 Å². The van der Waals surface area contributed by atoms with Crippen molar-refractivity contribution in [2.75, 3.05) is 6.54 Å². The Hall–Kier alpha value is -1.13. The van der Waals surface area contributed by atoms with E-state index in [1.807, 2.05) is 13.8 Å². The van der Waals surface area contributed by atoms with Crippen LogP contribution < -0.4 is 5.32 Å². The first-order valence-corrected chi connectivity index (χ1v) is 5.66. The van der Waals surface area contributed by atoms with Gasteiger partial charge in [-0.3, -0.25) is 4.98 Å². The Morgan fingerprint density at radius 2 is 2.00 bits per heavy atom. The number of hydrogen-bond acceptors (Lipinski definition) is 4. The minimum absolute atomic E-state index is 0.169. The number of rotatable bonds is 6. The third kappa shape index (κ3) is 3.79. The molecule has 0 aliphatic heterocycles. The van der Waals surface area contributed by atoms with Crippen LogP contribution in [0.2, 0.25) is 0 Å². The van der Waals surface area contributed by atoms with E-state index in [0.29, 0.717) is 13.1 Å². The van der Waals surface area contributed by atoms with E-state index in [9.17, 15) is 5.11 Å². The van der Waals surface area contributed by atoms with E-state index in [-0.39, 0.29) is 5.75 Å². The predicted octanol–water partition coefficient (Wildman–Crippen LogP) is 1.43. The summed E-state index contributed by atoms with van der Waals surface area (Å²) in [7, 11) is 0. The molecule has 0 fully saturated rings. The third-order valence-corrected chi connectivity index (χ3v) is 2.89. The van der Waals surface area contributed by atoms with E-state index >= 15 is 0 Å². The maximum atomic E-state index is 10.0. The van der Waals surface area contributed by atoms with E-state index in [4.69, 9.17) is 5.11 Å². The van der Waals surface area contributed by atoms with Crippen LogP contribution in [0.1, 0.15) is 32.4 Å². The van der Waals surface area contributed by atoms with Gasteiger partial charge in [-0.15, -0.1) is 0 Å². The molecule has 1 aromatic rings. The average molecular weight is 224 g/mol. The quantitative estimate of drug-likeness (QED) is 0.684. The second-order valence-corrected chi connectivity index (χ2v) is 4.04. The molecular weight excluding hydrogens is 204 g/mol. The summed E-state index contributed by atoms with van der Waals surface area (Å²) in [6.45, 7) is 5.11. The Morgan fingerprint density at radius 1 is 1.31 bits per heavy atom. The Kier molecular flexibility index (Phi) is 4.71. The summed E-state index contributed by atoms with van der Waals surface area (Å²) in [6.07, 6.45) is 2.89. The van der Waals surface area contributed by atoms with Gasteiger partial charge in [0.2, 0.25) is 0 Å². The fraction of sp³-hybridized carbons (Fsp3) is 0.583. The van der Waals surface area contributed by atoms with Gasteiger partial charge in [0, 0.05) is 13.1 Å². The molecule has 0 radical (unpaired) electrons. The number of hydrogen-bond donors (Lipinski definition) is 3. The molecule has 1 heterocycles. The summed E-state index contributed by atoms with van der Waals surface area (Å²) in [5, 5.41) is 22.3. The summed E-state index contributed by atoms with van der Waals surface area (Å²) < 4.78 is 0. The lowest BCUT2D eigenvalue weighted by atomic mass is 9.98. The number of aromatic nitrogens is 1. The molecule has 0 atom stereocenters. The molecule has 0 saturated carbocycles. The summed E-state index contributed by atoms with van der Waals surface area (Å²) in [6, 6.07) is 3.37. The van der Waals surface area contributed by atoms with E-state index in [1.165, 1.54) is 6.20 Å². The highest BCUT2D eigenvalue weighted by Crippen LogP contribution is 2.13. The van der Waals surface area contributed by atoms with Gasteiger partial charge in [-0.2, -0.15) is 0 Å². The first-order valence-electron chi connectivity index (χ1n) is 5.66. The third-order valence-electron chi connectivity index (χ3n) is 2.89. The van der Waals surface area contributed by atoms with Crippen LogP contribution in [0.15, 0.2) is 18.3 Å². The molecule has 0 amide bonds. The predicted molar refractivity (Wildman–Crippen MR) is 63.1 cm³/mol. The van der Waals surface area contributed by atoms with Crippen LogP contribution in [0.3, 0.4) is 0 Å². The van der Waals surface area contributed by atoms with Gasteiger partial charge < -0.3 is 15.5 Å². The van der Waals surface area contributed by atoms with Gasteiger partial charge in [-0.25, -0.2) is 0 Å². The lowest BCUT2D eigenvalue weighted by molar-refractivity contribution is 0.0322. The van der Waals surface area contributed by atoms with Crippen molar-refractivity contribution in [3.8, 4) is 5.75 Å². The molecule has 90 valence electrons. The van der Waals surface area contributed by atoms with Crippen molar-refractivity contribution in [1.82, 2.24) is 10.3 Å². The molecule has 0 aromatic carbocycles. The molecule has 0 unspecified atom stereocenters. The summed E-state index contributed by atoms with van der Waals surface area (Å²) >= 11 is 0. The smallest absolute Gasteiger partial charge is 0.133 e. The van der Waals surface area contributed by atoms with Crippen molar-refractivity contribution < 1.29 is 10.2 Å². The number of nitrogens with one attached hydrogen (secondary N) is 1. The monoisotopic (exact) mass is 224 g/mol. The maximum Gasteiger partial charge on any atom is 0.133 e. The van der Waals surface area contributed by atoms with E-state index in [1.54, 1.807) is 12.1 Å². The van der Waals surface area contributed by atoms with Crippen molar-refractivity contribution in [3.05, 3.63) is 24.0 Å². The Bertz CT molecular complexity index is 307. The number of aromatic hydroxyl groups is 1. The van der Waals surface area contributed by atoms with Crippen LogP contribution in [0.4, 0.5) is 0 Å². The first kappa shape index (κ1) is 12.9. The van der Waals surface area contributed by atoms with Crippen LogP contribution >= 0.6 is 0 Å². The first-order chi connectivity index (χ1) is 7.59. The van der Waals surface area contributed by atoms with Crippen LogP contribution in [-0.4, -0.2) is 27.3 Å². The Balaban J connectivity index is 2.38. The van der Waals surface area contributed by atoms with Crippen molar-refractivity contribution in [1.29, 1.82) is 0 Å². The molecule has 0 aliphatic rings. The zero-order valence-electron chi connectivity index (χ0n) is 9.90. The molecule has 4 nitrogen and oxygen atoms in total. The zero-order chi connectivity index (χ0) is 12.0. The summed E-state index contributed by atoms with van der Waals surface area (Å²) in [4.78, 5) is 4.06. The van der Waals surface area contributed by atoms with Gasteiger partial charge >= 0.3 is 0 Å². The number of aliphatic hydroxyl groups is 1. The summed E-state index contributed by atoms with van der Waals surface area (Å²) in [5.74, 6) is 0.169. The highest BCUT2D eigenvalue weighted by atomic mass is 16.3.